The zero-order valence-corrected chi connectivity index (χ0v) is 12.1. The predicted octanol–water partition coefficient (Wildman–Crippen LogP) is 2.28. The number of nitrogens with zero attached hydrogens (tertiary/aromatic N) is 2. The van der Waals surface area contributed by atoms with Crippen LogP contribution < -0.4 is 0 Å². The second-order valence-corrected chi connectivity index (χ2v) is 4.99. The fourth-order valence-corrected chi connectivity index (χ4v) is 2.38. The van der Waals surface area contributed by atoms with Crippen molar-refractivity contribution >= 4 is 6.09 Å². The Hall–Kier alpha value is -1.59. The Morgan fingerprint density at radius 1 is 1.30 bits per heavy atom. The van der Waals surface area contributed by atoms with Crippen LogP contribution in [0.4, 0.5) is 4.79 Å². The van der Waals surface area contributed by atoms with Crippen molar-refractivity contribution in [3.8, 4) is 0 Å². The zero-order chi connectivity index (χ0) is 14.4. The first-order valence-corrected chi connectivity index (χ1v) is 6.93. The lowest BCUT2D eigenvalue weighted by Crippen LogP contribution is -2.45. The van der Waals surface area contributed by atoms with Gasteiger partial charge in [-0.05, 0) is 18.4 Å². The second-order valence-electron chi connectivity index (χ2n) is 4.99. The van der Waals surface area contributed by atoms with Crippen LogP contribution in [0, 0.1) is 0 Å². The highest BCUT2D eigenvalue weighted by Gasteiger charge is 2.26. The van der Waals surface area contributed by atoms with E-state index in [-0.39, 0.29) is 12.1 Å². The molecule has 0 unspecified atom stereocenters. The van der Waals surface area contributed by atoms with Crippen LogP contribution >= 0.6 is 0 Å². The summed E-state index contributed by atoms with van der Waals surface area (Å²) in [6, 6.07) is 9.95. The molecule has 1 heterocycles. The zero-order valence-electron chi connectivity index (χ0n) is 12.1. The Morgan fingerprint density at radius 3 is 2.55 bits per heavy atom. The Morgan fingerprint density at radius 2 is 1.95 bits per heavy atom. The Kier molecular flexibility index (Phi) is 5.38. The summed E-state index contributed by atoms with van der Waals surface area (Å²) in [6.07, 6.45) is 1.56. The first-order valence-electron chi connectivity index (χ1n) is 6.93. The molecule has 110 valence electrons. The number of hydroxylamine groups is 2. The van der Waals surface area contributed by atoms with E-state index in [9.17, 15) is 4.79 Å². The number of rotatable bonds is 4. The predicted molar refractivity (Wildman–Crippen MR) is 76.0 cm³/mol. The molecule has 2 rings (SSSR count). The average Bonchev–Trinajstić information content (AvgIpc) is 2.53. The molecule has 0 spiro atoms. The van der Waals surface area contributed by atoms with Gasteiger partial charge in [0.2, 0.25) is 0 Å². The fraction of sp³-hybridized carbons (Fsp3) is 0.533. The summed E-state index contributed by atoms with van der Waals surface area (Å²) in [5, 5.41) is 1.92. The van der Waals surface area contributed by atoms with Gasteiger partial charge in [-0.15, -0.1) is 0 Å². The van der Waals surface area contributed by atoms with Crippen molar-refractivity contribution in [2.45, 2.75) is 25.5 Å². The van der Waals surface area contributed by atoms with E-state index in [2.05, 4.69) is 0 Å². The van der Waals surface area contributed by atoms with Crippen molar-refractivity contribution in [3.63, 3.8) is 0 Å². The van der Waals surface area contributed by atoms with Gasteiger partial charge in [0.25, 0.3) is 0 Å². The topological polar surface area (TPSA) is 42.0 Å². The van der Waals surface area contributed by atoms with Crippen molar-refractivity contribution in [2.75, 3.05) is 27.2 Å². The number of carbonyl (C=O) groups is 1. The van der Waals surface area contributed by atoms with Gasteiger partial charge >= 0.3 is 6.09 Å². The molecule has 0 radical (unpaired) electrons. The van der Waals surface area contributed by atoms with E-state index in [4.69, 9.17) is 9.57 Å². The molecular formula is C15H22N2O3. The lowest BCUT2D eigenvalue weighted by molar-refractivity contribution is -0.148. The molecule has 1 fully saturated rings. The monoisotopic (exact) mass is 278 g/mol. The molecule has 1 amide bonds. The molecule has 0 atom stereocenters. The molecule has 5 heteroatoms. The lowest BCUT2D eigenvalue weighted by atomic mass is 10.1. The van der Waals surface area contributed by atoms with Crippen molar-refractivity contribution in [1.82, 2.24) is 9.96 Å². The largest absolute Gasteiger partial charge is 0.445 e. The SMILES string of the molecule is CON1CCC(N(C)C(=O)OCc2ccccc2)CC1. The van der Waals surface area contributed by atoms with Crippen molar-refractivity contribution < 1.29 is 14.4 Å². The molecule has 0 aliphatic carbocycles. The quantitative estimate of drug-likeness (QED) is 0.847. The van der Waals surface area contributed by atoms with Gasteiger partial charge in [0, 0.05) is 26.2 Å². The average molecular weight is 278 g/mol. The van der Waals surface area contributed by atoms with E-state index in [1.807, 2.05) is 35.4 Å². The summed E-state index contributed by atoms with van der Waals surface area (Å²) >= 11 is 0. The second kappa shape index (κ2) is 7.26. The molecule has 0 saturated carbocycles. The Bertz CT molecular complexity index is 416. The Labute approximate surface area is 120 Å². The van der Waals surface area contributed by atoms with Crippen molar-refractivity contribution in [1.29, 1.82) is 0 Å². The molecular weight excluding hydrogens is 256 g/mol. The highest BCUT2D eigenvalue weighted by Crippen LogP contribution is 2.16. The maximum absolute atomic E-state index is 12.0. The summed E-state index contributed by atoms with van der Waals surface area (Å²) < 4.78 is 5.34. The molecule has 1 aromatic rings. The minimum atomic E-state index is -0.260. The van der Waals surface area contributed by atoms with Gasteiger partial charge in [-0.1, -0.05) is 30.3 Å². The summed E-state index contributed by atoms with van der Waals surface area (Å²) in [4.78, 5) is 18.9. The van der Waals surface area contributed by atoms with Gasteiger partial charge in [-0.2, -0.15) is 5.06 Å². The third-order valence-electron chi connectivity index (χ3n) is 3.72. The standard InChI is InChI=1S/C15H22N2O3/c1-16(14-8-10-17(19-2)11-9-14)15(18)20-12-13-6-4-3-5-7-13/h3-7,14H,8-12H2,1-2H3. The normalized spacial score (nSPS) is 16.9. The van der Waals surface area contributed by atoms with E-state index in [1.54, 1.807) is 19.1 Å². The van der Waals surface area contributed by atoms with E-state index in [1.165, 1.54) is 0 Å². The molecule has 1 aromatic carbocycles. The number of hydrogen-bond donors (Lipinski definition) is 0. The summed E-state index contributed by atoms with van der Waals surface area (Å²) in [6.45, 7) is 2.01. The number of benzene rings is 1. The van der Waals surface area contributed by atoms with Gasteiger partial charge in [-0.3, -0.25) is 0 Å². The number of amides is 1. The van der Waals surface area contributed by atoms with Crippen LogP contribution in [0.2, 0.25) is 0 Å². The van der Waals surface area contributed by atoms with Crippen LogP contribution in [0.15, 0.2) is 30.3 Å². The molecule has 1 aliphatic heterocycles. The number of hydrogen-bond acceptors (Lipinski definition) is 4. The Balaban J connectivity index is 1.77. The highest BCUT2D eigenvalue weighted by molar-refractivity contribution is 5.67. The van der Waals surface area contributed by atoms with Gasteiger partial charge in [-0.25, -0.2) is 4.79 Å². The molecule has 0 aromatic heterocycles. The van der Waals surface area contributed by atoms with Gasteiger partial charge in [0.15, 0.2) is 0 Å². The third kappa shape index (κ3) is 3.95. The fourth-order valence-electron chi connectivity index (χ4n) is 2.38. The molecule has 5 nitrogen and oxygen atoms in total. The maximum Gasteiger partial charge on any atom is 0.410 e. The highest BCUT2D eigenvalue weighted by atomic mass is 16.7. The number of piperidine rings is 1. The molecule has 1 saturated heterocycles. The lowest BCUT2D eigenvalue weighted by Gasteiger charge is -2.34. The van der Waals surface area contributed by atoms with Gasteiger partial charge in [0.1, 0.15) is 6.61 Å². The summed E-state index contributed by atoms with van der Waals surface area (Å²) in [7, 11) is 3.48. The molecule has 0 N–H and O–H groups in total. The number of carbonyl (C=O) groups excluding carboxylic acids is 1. The maximum atomic E-state index is 12.0. The third-order valence-corrected chi connectivity index (χ3v) is 3.72. The molecule has 1 aliphatic rings. The molecule has 0 bridgehead atoms. The van der Waals surface area contributed by atoms with Crippen LogP contribution in [-0.4, -0.2) is 49.3 Å². The van der Waals surface area contributed by atoms with E-state index in [0.717, 1.165) is 31.5 Å². The van der Waals surface area contributed by atoms with Gasteiger partial charge < -0.3 is 14.5 Å². The summed E-state index contributed by atoms with van der Waals surface area (Å²) in [5.41, 5.74) is 1.00. The van der Waals surface area contributed by atoms with Crippen LogP contribution in [0.5, 0.6) is 0 Å². The van der Waals surface area contributed by atoms with Gasteiger partial charge in [0.05, 0.1) is 7.11 Å². The first-order chi connectivity index (χ1) is 9.70. The van der Waals surface area contributed by atoms with Crippen molar-refractivity contribution in [3.05, 3.63) is 35.9 Å². The first kappa shape index (κ1) is 14.8. The van der Waals surface area contributed by atoms with Crippen LogP contribution in [-0.2, 0) is 16.2 Å². The van der Waals surface area contributed by atoms with E-state index in [0.29, 0.717) is 6.61 Å². The van der Waals surface area contributed by atoms with Crippen LogP contribution in [0.25, 0.3) is 0 Å². The van der Waals surface area contributed by atoms with Crippen molar-refractivity contribution in [2.24, 2.45) is 0 Å². The van der Waals surface area contributed by atoms with Crippen LogP contribution in [0.3, 0.4) is 0 Å². The van der Waals surface area contributed by atoms with E-state index < -0.39 is 0 Å². The minimum Gasteiger partial charge on any atom is -0.445 e. The van der Waals surface area contributed by atoms with Crippen LogP contribution in [0.1, 0.15) is 18.4 Å². The summed E-state index contributed by atoms with van der Waals surface area (Å²) in [5.74, 6) is 0. The smallest absolute Gasteiger partial charge is 0.410 e. The van der Waals surface area contributed by atoms with E-state index >= 15 is 0 Å². The minimum absolute atomic E-state index is 0.227. The molecule has 20 heavy (non-hydrogen) atoms. The number of ether oxygens (including phenoxy) is 1.